The normalized spacial score (nSPS) is 19.2. The number of sulfonamides is 1. The number of anilines is 1. The molecular weight excluding hydrogens is 340 g/mol. The number of nitrogens with zero attached hydrogens (tertiary/aromatic N) is 3. The van der Waals surface area contributed by atoms with Gasteiger partial charge in [0.25, 0.3) is 0 Å². The van der Waals surface area contributed by atoms with Crippen LogP contribution in [0.25, 0.3) is 0 Å². The zero-order valence-corrected chi connectivity index (χ0v) is 14.9. The van der Waals surface area contributed by atoms with Crippen LogP contribution in [-0.4, -0.2) is 36.9 Å². The molecule has 134 valence electrons. The molecule has 1 heterocycles. The molecule has 1 fully saturated rings. The molecule has 25 heavy (non-hydrogen) atoms. The third-order valence-electron chi connectivity index (χ3n) is 4.16. The van der Waals surface area contributed by atoms with Gasteiger partial charge in [0.1, 0.15) is 6.07 Å². The number of hydrogen-bond donors (Lipinski definition) is 3. The van der Waals surface area contributed by atoms with Gasteiger partial charge in [0.15, 0.2) is 5.84 Å². The SMILES string of the molecule is CCC1CCCCN1S(=O)(=O)c1ccc(N/N=C(\C#N)C(=N)N)cc1. The average Bonchev–Trinajstić information content (AvgIpc) is 2.62. The summed E-state index contributed by atoms with van der Waals surface area (Å²) in [5.41, 5.74) is 8.06. The van der Waals surface area contributed by atoms with Gasteiger partial charge in [-0.25, -0.2) is 8.42 Å². The van der Waals surface area contributed by atoms with Crippen LogP contribution in [0.2, 0.25) is 0 Å². The summed E-state index contributed by atoms with van der Waals surface area (Å²) in [7, 11) is -3.53. The number of hydrazone groups is 1. The molecule has 0 radical (unpaired) electrons. The monoisotopic (exact) mass is 362 g/mol. The topological polar surface area (TPSA) is 135 Å². The van der Waals surface area contributed by atoms with Crippen LogP contribution < -0.4 is 11.2 Å². The first-order valence-corrected chi connectivity index (χ1v) is 9.54. The highest BCUT2D eigenvalue weighted by atomic mass is 32.2. The number of nitriles is 1. The fourth-order valence-electron chi connectivity index (χ4n) is 2.80. The van der Waals surface area contributed by atoms with Crippen molar-refractivity contribution in [3.63, 3.8) is 0 Å². The van der Waals surface area contributed by atoms with Crippen LogP contribution in [0.4, 0.5) is 5.69 Å². The van der Waals surface area contributed by atoms with Gasteiger partial charge in [-0.15, -0.1) is 0 Å². The highest BCUT2D eigenvalue weighted by molar-refractivity contribution is 7.89. The second kappa shape index (κ2) is 8.09. The maximum atomic E-state index is 12.9. The van der Waals surface area contributed by atoms with Crippen molar-refractivity contribution >= 4 is 27.3 Å². The molecule has 1 aromatic rings. The predicted molar refractivity (Wildman–Crippen MR) is 96.8 cm³/mol. The number of benzene rings is 1. The van der Waals surface area contributed by atoms with Crippen LogP contribution >= 0.6 is 0 Å². The molecule has 4 N–H and O–H groups in total. The van der Waals surface area contributed by atoms with E-state index in [0.717, 1.165) is 25.7 Å². The summed E-state index contributed by atoms with van der Waals surface area (Å²) in [4.78, 5) is 0.231. The van der Waals surface area contributed by atoms with Crippen molar-refractivity contribution in [2.45, 2.75) is 43.5 Å². The van der Waals surface area contributed by atoms with Gasteiger partial charge >= 0.3 is 0 Å². The molecular formula is C16H22N6O2S. The molecule has 0 spiro atoms. The molecule has 1 atom stereocenters. The Labute approximate surface area is 147 Å². The van der Waals surface area contributed by atoms with Crippen LogP contribution in [-0.2, 0) is 10.0 Å². The van der Waals surface area contributed by atoms with Crippen molar-refractivity contribution < 1.29 is 8.42 Å². The molecule has 1 aliphatic rings. The lowest BCUT2D eigenvalue weighted by Crippen LogP contribution is -2.43. The quantitative estimate of drug-likeness (QED) is 0.403. The first kappa shape index (κ1) is 18.9. The first-order chi connectivity index (χ1) is 11.9. The van der Waals surface area contributed by atoms with Crippen molar-refractivity contribution in [1.29, 1.82) is 10.7 Å². The van der Waals surface area contributed by atoms with Crippen LogP contribution in [0.3, 0.4) is 0 Å². The fraction of sp³-hybridized carbons (Fsp3) is 0.438. The Hall–Kier alpha value is -2.44. The first-order valence-electron chi connectivity index (χ1n) is 8.10. The van der Waals surface area contributed by atoms with Crippen LogP contribution in [0.5, 0.6) is 0 Å². The summed E-state index contributed by atoms with van der Waals surface area (Å²) in [6.45, 7) is 2.56. The third-order valence-corrected chi connectivity index (χ3v) is 6.13. The molecule has 0 aromatic heterocycles. The van der Waals surface area contributed by atoms with E-state index >= 15 is 0 Å². The maximum absolute atomic E-state index is 12.9. The predicted octanol–water partition coefficient (Wildman–Crippen LogP) is 1.87. The lowest BCUT2D eigenvalue weighted by Gasteiger charge is -2.34. The Morgan fingerprint density at radius 1 is 1.44 bits per heavy atom. The summed E-state index contributed by atoms with van der Waals surface area (Å²) in [6, 6.07) is 7.90. The Balaban J connectivity index is 2.18. The smallest absolute Gasteiger partial charge is 0.243 e. The minimum atomic E-state index is -3.53. The van der Waals surface area contributed by atoms with Crippen LogP contribution in [0.15, 0.2) is 34.3 Å². The van der Waals surface area contributed by atoms with E-state index in [9.17, 15) is 8.42 Å². The van der Waals surface area contributed by atoms with Crippen molar-refractivity contribution in [3.8, 4) is 6.07 Å². The zero-order chi connectivity index (χ0) is 18.4. The van der Waals surface area contributed by atoms with Gasteiger partial charge in [0, 0.05) is 12.6 Å². The van der Waals surface area contributed by atoms with E-state index in [1.807, 2.05) is 6.92 Å². The Morgan fingerprint density at radius 3 is 2.68 bits per heavy atom. The summed E-state index contributed by atoms with van der Waals surface area (Å²) in [5, 5.41) is 19.7. The molecule has 8 nitrogen and oxygen atoms in total. The minimum absolute atomic E-state index is 0.0508. The van der Waals surface area contributed by atoms with Crippen molar-refractivity contribution in [1.82, 2.24) is 4.31 Å². The summed E-state index contributed by atoms with van der Waals surface area (Å²) in [6.07, 6.45) is 3.64. The lowest BCUT2D eigenvalue weighted by atomic mass is 10.0. The van der Waals surface area contributed by atoms with Crippen molar-refractivity contribution in [2.75, 3.05) is 12.0 Å². The van der Waals surface area contributed by atoms with E-state index in [4.69, 9.17) is 16.4 Å². The van der Waals surface area contributed by atoms with Gasteiger partial charge in [-0.2, -0.15) is 14.7 Å². The lowest BCUT2D eigenvalue weighted by molar-refractivity contribution is 0.246. The van der Waals surface area contributed by atoms with E-state index in [2.05, 4.69) is 10.5 Å². The number of amidine groups is 1. The number of hydrogen-bond acceptors (Lipinski definition) is 6. The molecule has 0 aliphatic carbocycles. The Kier molecular flexibility index (Phi) is 6.12. The van der Waals surface area contributed by atoms with E-state index in [0.29, 0.717) is 12.2 Å². The fourth-order valence-corrected chi connectivity index (χ4v) is 4.57. The number of rotatable bonds is 6. The molecule has 1 aliphatic heterocycles. The van der Waals surface area contributed by atoms with Crippen molar-refractivity contribution in [2.24, 2.45) is 10.8 Å². The van der Waals surface area contributed by atoms with Crippen LogP contribution in [0, 0.1) is 16.7 Å². The van der Waals surface area contributed by atoms with Gasteiger partial charge in [-0.05, 0) is 43.5 Å². The van der Waals surface area contributed by atoms with Gasteiger partial charge in [-0.3, -0.25) is 10.8 Å². The van der Waals surface area contributed by atoms with Gasteiger partial charge in [-0.1, -0.05) is 13.3 Å². The molecule has 9 heteroatoms. The Bertz CT molecular complexity index is 795. The van der Waals surface area contributed by atoms with E-state index in [1.54, 1.807) is 22.5 Å². The minimum Gasteiger partial charge on any atom is -0.382 e. The molecule has 0 bridgehead atoms. The number of nitrogens with one attached hydrogen (secondary N) is 2. The summed E-state index contributed by atoms with van der Waals surface area (Å²) >= 11 is 0. The van der Waals surface area contributed by atoms with E-state index in [1.165, 1.54) is 12.1 Å². The van der Waals surface area contributed by atoms with Gasteiger partial charge < -0.3 is 5.73 Å². The number of nitrogens with two attached hydrogens (primary N) is 1. The van der Waals surface area contributed by atoms with Gasteiger partial charge in [0.2, 0.25) is 15.7 Å². The zero-order valence-electron chi connectivity index (χ0n) is 14.1. The largest absolute Gasteiger partial charge is 0.382 e. The number of piperidine rings is 1. The van der Waals surface area contributed by atoms with E-state index < -0.39 is 15.9 Å². The van der Waals surface area contributed by atoms with E-state index in [-0.39, 0.29) is 16.6 Å². The third kappa shape index (κ3) is 4.35. The molecule has 0 saturated carbocycles. The molecule has 1 aromatic carbocycles. The van der Waals surface area contributed by atoms with Gasteiger partial charge in [0.05, 0.1) is 10.6 Å². The second-order valence-corrected chi connectivity index (χ2v) is 7.69. The molecule has 0 amide bonds. The highest BCUT2D eigenvalue weighted by Gasteiger charge is 2.32. The molecule has 1 unspecified atom stereocenters. The summed E-state index contributed by atoms with van der Waals surface area (Å²) in [5.74, 6) is -0.440. The van der Waals surface area contributed by atoms with Crippen LogP contribution in [0.1, 0.15) is 32.6 Å². The molecule has 1 saturated heterocycles. The summed E-state index contributed by atoms with van der Waals surface area (Å²) < 4.78 is 27.3. The maximum Gasteiger partial charge on any atom is 0.243 e. The standard InChI is InChI=1S/C16H22N6O2S/c1-2-13-5-3-4-10-22(13)25(23,24)14-8-6-12(7-9-14)20-21-15(11-17)16(18)19/h6-9,13,20H,2-5,10H2,1H3,(H3,18,19)/b21-15+. The Morgan fingerprint density at radius 2 is 2.12 bits per heavy atom. The highest BCUT2D eigenvalue weighted by Crippen LogP contribution is 2.27. The second-order valence-electron chi connectivity index (χ2n) is 5.80. The average molecular weight is 362 g/mol. The van der Waals surface area contributed by atoms with Crippen molar-refractivity contribution in [3.05, 3.63) is 24.3 Å². The molecule has 2 rings (SSSR count).